The molecule has 0 saturated carbocycles. The summed E-state index contributed by atoms with van der Waals surface area (Å²) in [4.78, 5) is 2.74. The second kappa shape index (κ2) is 7.13. The van der Waals surface area contributed by atoms with Gasteiger partial charge in [-0.1, -0.05) is 35.3 Å². The number of aromatic amines is 1. The van der Waals surface area contributed by atoms with Gasteiger partial charge in [0.25, 0.3) is 0 Å². The van der Waals surface area contributed by atoms with E-state index in [2.05, 4.69) is 26.1 Å². The van der Waals surface area contributed by atoms with E-state index in [4.69, 9.17) is 16.7 Å². The molecule has 0 aliphatic rings. The third kappa shape index (κ3) is 3.55. The highest BCUT2D eigenvalue weighted by molar-refractivity contribution is 5.73. The predicted molar refractivity (Wildman–Crippen MR) is 94.3 cm³/mol. The van der Waals surface area contributed by atoms with Gasteiger partial charge in [0, 0.05) is 27.8 Å². The number of hydrogen-bond donors (Lipinski definition) is 2. The van der Waals surface area contributed by atoms with Crippen LogP contribution in [0.3, 0.4) is 0 Å². The second-order valence-corrected chi connectivity index (χ2v) is 5.07. The molecule has 7 nitrogen and oxygen atoms in total. The number of aromatic nitrogens is 2. The number of phenols is 1. The molecule has 2 aromatic carbocycles. The summed E-state index contributed by atoms with van der Waals surface area (Å²) in [6, 6.07) is 13.8. The Bertz CT molecular complexity index is 979. The zero-order chi connectivity index (χ0) is 17.6. The Morgan fingerprint density at radius 3 is 2.72 bits per heavy atom. The van der Waals surface area contributed by atoms with Crippen LogP contribution < -0.4 is 4.74 Å². The van der Waals surface area contributed by atoms with Gasteiger partial charge in [-0.25, -0.2) is 0 Å². The van der Waals surface area contributed by atoms with Crippen LogP contribution in [0, 0.1) is 12.3 Å². The molecule has 1 heterocycles. The van der Waals surface area contributed by atoms with Crippen molar-refractivity contribution in [3.05, 3.63) is 59.0 Å². The molecule has 7 heteroatoms. The molecule has 0 unspecified atom stereocenters. The van der Waals surface area contributed by atoms with Gasteiger partial charge in [0.1, 0.15) is 18.1 Å². The number of nitrogens with zero attached hydrogens (tertiary/aromatic N) is 4. The van der Waals surface area contributed by atoms with E-state index < -0.39 is 0 Å². The maximum Gasteiger partial charge on any atom is 0.148 e. The van der Waals surface area contributed by atoms with E-state index in [-0.39, 0.29) is 12.4 Å². The van der Waals surface area contributed by atoms with Crippen LogP contribution in [-0.4, -0.2) is 21.9 Å². The van der Waals surface area contributed by atoms with Gasteiger partial charge in [0.2, 0.25) is 0 Å². The highest BCUT2D eigenvalue weighted by Crippen LogP contribution is 2.33. The first-order valence-corrected chi connectivity index (χ1v) is 7.32. The average molecular weight is 331 g/mol. The van der Waals surface area contributed by atoms with Crippen LogP contribution in [-0.2, 0) is 0 Å². The van der Waals surface area contributed by atoms with Gasteiger partial charge in [0.15, 0.2) is 0 Å². The minimum absolute atomic E-state index is 0.0587. The van der Waals surface area contributed by atoms with Gasteiger partial charge >= 0.3 is 0 Å². The fraction of sp³-hybridized carbons (Fsp3) is 0.0556. The van der Waals surface area contributed by atoms with Crippen molar-refractivity contribution in [3.63, 3.8) is 0 Å². The fourth-order valence-corrected chi connectivity index (χ4v) is 2.31. The lowest BCUT2D eigenvalue weighted by Crippen LogP contribution is -1.93. The average Bonchev–Trinajstić information content (AvgIpc) is 3.11. The summed E-state index contributed by atoms with van der Waals surface area (Å²) in [6.07, 6.45) is 5.15. The maximum absolute atomic E-state index is 10.2. The molecular formula is C18H13N5O2. The molecule has 0 spiro atoms. The monoisotopic (exact) mass is 331 g/mol. The van der Waals surface area contributed by atoms with E-state index in [0.717, 1.165) is 5.56 Å². The van der Waals surface area contributed by atoms with Crippen LogP contribution in [0.2, 0.25) is 0 Å². The zero-order valence-electron chi connectivity index (χ0n) is 13.0. The lowest BCUT2D eigenvalue weighted by Gasteiger charge is -2.06. The number of H-pyrrole nitrogens is 1. The SMILES string of the molecule is C#CCOc1ccc(-c2cc(-c3ccc(N=[N+]=[N-])cc3)n[nH]2)c(O)c1. The van der Waals surface area contributed by atoms with Crippen molar-refractivity contribution >= 4 is 5.69 Å². The van der Waals surface area contributed by atoms with Gasteiger partial charge < -0.3 is 9.84 Å². The lowest BCUT2D eigenvalue weighted by molar-refractivity contribution is 0.367. The van der Waals surface area contributed by atoms with Crippen LogP contribution in [0.5, 0.6) is 11.5 Å². The Morgan fingerprint density at radius 2 is 2.04 bits per heavy atom. The first-order valence-electron chi connectivity index (χ1n) is 7.32. The van der Waals surface area contributed by atoms with Crippen molar-refractivity contribution in [3.8, 4) is 46.4 Å². The minimum Gasteiger partial charge on any atom is -0.507 e. The Labute approximate surface area is 143 Å². The summed E-state index contributed by atoms with van der Waals surface area (Å²) < 4.78 is 5.28. The summed E-state index contributed by atoms with van der Waals surface area (Å²) in [5.74, 6) is 2.92. The van der Waals surface area contributed by atoms with Crippen LogP contribution in [0.1, 0.15) is 0 Å². The Hall–Kier alpha value is -3.88. The summed E-state index contributed by atoms with van der Waals surface area (Å²) in [7, 11) is 0. The molecule has 0 amide bonds. The van der Waals surface area contributed by atoms with Crippen molar-refractivity contribution in [2.45, 2.75) is 0 Å². The van der Waals surface area contributed by atoms with E-state index in [0.29, 0.717) is 28.4 Å². The Balaban J connectivity index is 1.86. The third-order valence-corrected chi connectivity index (χ3v) is 3.48. The van der Waals surface area contributed by atoms with Gasteiger partial charge in [-0.15, -0.1) is 6.42 Å². The molecule has 0 saturated heterocycles. The molecule has 2 N–H and O–H groups in total. The minimum atomic E-state index is 0.0587. The smallest absolute Gasteiger partial charge is 0.148 e. The standard InChI is InChI=1S/C18H13N5O2/c1-2-9-25-14-7-8-15(18(24)10-14)17-11-16(21-22-17)12-3-5-13(6-4-12)20-23-19/h1,3-8,10-11,24H,9H2,(H,21,22). The zero-order valence-corrected chi connectivity index (χ0v) is 13.0. The number of hydrogen-bond acceptors (Lipinski definition) is 4. The molecule has 0 fully saturated rings. The molecule has 0 radical (unpaired) electrons. The first kappa shape index (κ1) is 16.0. The molecule has 0 aliphatic heterocycles. The van der Waals surface area contributed by atoms with Crippen LogP contribution in [0.15, 0.2) is 53.6 Å². The molecule has 0 bridgehead atoms. The summed E-state index contributed by atoms with van der Waals surface area (Å²) in [5.41, 5.74) is 11.8. The lowest BCUT2D eigenvalue weighted by atomic mass is 10.1. The number of ether oxygens (including phenoxy) is 1. The van der Waals surface area contributed by atoms with Gasteiger partial charge in [-0.05, 0) is 23.7 Å². The van der Waals surface area contributed by atoms with E-state index in [1.54, 1.807) is 36.4 Å². The first-order chi connectivity index (χ1) is 12.2. The van der Waals surface area contributed by atoms with Gasteiger partial charge in [0.05, 0.1) is 11.4 Å². The van der Waals surface area contributed by atoms with E-state index in [9.17, 15) is 5.11 Å². The van der Waals surface area contributed by atoms with Crippen molar-refractivity contribution in [2.75, 3.05) is 6.61 Å². The molecule has 122 valence electrons. The van der Waals surface area contributed by atoms with Crippen molar-refractivity contribution in [2.24, 2.45) is 5.11 Å². The predicted octanol–water partition coefficient (Wildman–Crippen LogP) is 4.40. The van der Waals surface area contributed by atoms with E-state index in [1.807, 2.05) is 6.07 Å². The van der Waals surface area contributed by atoms with Crippen molar-refractivity contribution in [1.29, 1.82) is 0 Å². The number of nitrogens with one attached hydrogen (secondary N) is 1. The molecule has 3 rings (SSSR count). The topological polar surface area (TPSA) is 107 Å². The Morgan fingerprint density at radius 1 is 1.24 bits per heavy atom. The quantitative estimate of drug-likeness (QED) is 0.313. The number of azide groups is 1. The van der Waals surface area contributed by atoms with Crippen molar-refractivity contribution in [1.82, 2.24) is 10.2 Å². The molecule has 0 atom stereocenters. The third-order valence-electron chi connectivity index (χ3n) is 3.48. The molecule has 0 aliphatic carbocycles. The van der Waals surface area contributed by atoms with Gasteiger partial charge in [-0.2, -0.15) is 5.10 Å². The molecule has 3 aromatic rings. The largest absolute Gasteiger partial charge is 0.507 e. The molecular weight excluding hydrogens is 318 g/mol. The van der Waals surface area contributed by atoms with Crippen LogP contribution in [0.4, 0.5) is 5.69 Å². The number of rotatable bonds is 5. The van der Waals surface area contributed by atoms with Crippen LogP contribution in [0.25, 0.3) is 33.0 Å². The summed E-state index contributed by atoms with van der Waals surface area (Å²) in [5, 5.41) is 20.9. The fourth-order valence-electron chi connectivity index (χ4n) is 2.31. The number of aromatic hydroxyl groups is 1. The van der Waals surface area contributed by atoms with Crippen molar-refractivity contribution < 1.29 is 9.84 Å². The number of phenolic OH excluding ortho intramolecular Hbond substituents is 1. The summed E-state index contributed by atoms with van der Waals surface area (Å²) >= 11 is 0. The van der Waals surface area contributed by atoms with E-state index >= 15 is 0 Å². The second-order valence-electron chi connectivity index (χ2n) is 5.07. The molecule has 25 heavy (non-hydrogen) atoms. The normalized spacial score (nSPS) is 9.88. The Kier molecular flexibility index (Phi) is 4.56. The summed E-state index contributed by atoms with van der Waals surface area (Å²) in [6.45, 7) is 0.138. The van der Waals surface area contributed by atoms with Crippen LogP contribution >= 0.6 is 0 Å². The number of benzene rings is 2. The van der Waals surface area contributed by atoms with Gasteiger partial charge in [-0.3, -0.25) is 5.10 Å². The highest BCUT2D eigenvalue weighted by atomic mass is 16.5. The van der Waals surface area contributed by atoms with E-state index in [1.165, 1.54) is 6.07 Å². The molecule has 1 aromatic heterocycles. The maximum atomic E-state index is 10.2. The highest BCUT2D eigenvalue weighted by Gasteiger charge is 2.10. The number of terminal acetylenes is 1.